The zero-order chi connectivity index (χ0) is 28.3. The van der Waals surface area contributed by atoms with Crippen molar-refractivity contribution in [2.75, 3.05) is 36.9 Å². The summed E-state index contributed by atoms with van der Waals surface area (Å²) in [6.07, 6.45) is 10.4. The normalized spacial score (nSPS) is 26.8. The maximum Gasteiger partial charge on any atom is 0.336 e. The second-order valence-corrected chi connectivity index (χ2v) is 11.8. The number of nitrogens with one attached hydrogen (secondary N) is 1. The Labute approximate surface area is 242 Å². The third-order valence-corrected chi connectivity index (χ3v) is 8.89. The molecule has 0 saturated carbocycles. The molecule has 1 amide bonds. The monoisotopic (exact) mass is 565 g/mol. The molecule has 8 heteroatoms. The Kier molecular flexibility index (Phi) is 8.71. The summed E-state index contributed by atoms with van der Waals surface area (Å²) in [5.41, 5.74) is 4.07. The van der Waals surface area contributed by atoms with Crippen molar-refractivity contribution in [1.29, 1.82) is 0 Å². The van der Waals surface area contributed by atoms with Gasteiger partial charge in [0.1, 0.15) is 5.60 Å². The molecule has 3 aliphatic heterocycles. The summed E-state index contributed by atoms with van der Waals surface area (Å²) >= 11 is 6.33. The van der Waals surface area contributed by atoms with Gasteiger partial charge in [-0.15, -0.1) is 0 Å². The van der Waals surface area contributed by atoms with Crippen molar-refractivity contribution >= 4 is 34.9 Å². The maximum atomic E-state index is 13.5. The largest absolute Gasteiger partial charge is 0.479 e. The highest BCUT2D eigenvalue weighted by atomic mass is 35.5. The van der Waals surface area contributed by atoms with Crippen LogP contribution >= 0.6 is 11.6 Å². The first-order valence-corrected chi connectivity index (χ1v) is 14.9. The highest BCUT2D eigenvalue weighted by Gasteiger charge is 2.67. The fourth-order valence-corrected chi connectivity index (χ4v) is 6.43. The lowest BCUT2D eigenvalue weighted by atomic mass is 9.82. The first-order chi connectivity index (χ1) is 19.3. The van der Waals surface area contributed by atoms with E-state index in [1.54, 1.807) is 18.9 Å². The molecule has 3 heterocycles. The summed E-state index contributed by atoms with van der Waals surface area (Å²) in [5.74, 6) is -1.82. The number of rotatable bonds is 1. The molecule has 2 aromatic rings. The molecule has 1 fully saturated rings. The van der Waals surface area contributed by atoms with Crippen LogP contribution in [-0.4, -0.2) is 54.7 Å². The third-order valence-electron chi connectivity index (χ3n) is 8.66. The predicted molar refractivity (Wildman–Crippen MR) is 159 cm³/mol. The van der Waals surface area contributed by atoms with Crippen LogP contribution in [0.2, 0.25) is 5.02 Å². The van der Waals surface area contributed by atoms with Gasteiger partial charge in [0.2, 0.25) is 5.91 Å². The van der Waals surface area contributed by atoms with Gasteiger partial charge in [-0.2, -0.15) is 0 Å². The van der Waals surface area contributed by atoms with Crippen LogP contribution in [0, 0.1) is 5.92 Å². The highest BCUT2D eigenvalue weighted by molar-refractivity contribution is 6.30. The minimum Gasteiger partial charge on any atom is -0.479 e. The highest BCUT2D eigenvalue weighted by Crippen LogP contribution is 2.54. The van der Waals surface area contributed by atoms with Gasteiger partial charge in [0, 0.05) is 38.2 Å². The Morgan fingerprint density at radius 1 is 1.05 bits per heavy atom. The summed E-state index contributed by atoms with van der Waals surface area (Å²) in [6, 6.07) is 12.2. The van der Waals surface area contributed by atoms with E-state index < -0.39 is 23.6 Å². The number of carbonyl (C=O) groups excluding carboxylic acids is 1. The molecule has 40 heavy (non-hydrogen) atoms. The second kappa shape index (κ2) is 12.2. The van der Waals surface area contributed by atoms with Gasteiger partial charge in [0.05, 0.1) is 17.3 Å². The molecule has 5 rings (SSSR count). The number of carbonyl (C=O) groups is 2. The van der Waals surface area contributed by atoms with Crippen molar-refractivity contribution in [2.45, 2.75) is 70.1 Å². The molecular weight excluding hydrogens is 526 g/mol. The van der Waals surface area contributed by atoms with Crippen molar-refractivity contribution in [3.63, 3.8) is 0 Å². The van der Waals surface area contributed by atoms with Crippen LogP contribution < -0.4 is 10.2 Å². The number of amides is 1. The minimum atomic E-state index is -1.20. The topological polar surface area (TPSA) is 85.4 Å². The summed E-state index contributed by atoms with van der Waals surface area (Å²) in [5, 5.41) is 14.4. The van der Waals surface area contributed by atoms with Crippen molar-refractivity contribution < 1.29 is 19.4 Å². The van der Waals surface area contributed by atoms with Gasteiger partial charge in [0.15, 0.2) is 6.10 Å². The van der Waals surface area contributed by atoms with Crippen LogP contribution in [0.5, 0.6) is 0 Å². The first kappa shape index (κ1) is 28.5. The number of carboxylic acid groups (broad SMARTS) is 1. The molecule has 2 N–H and O–H groups in total. The Morgan fingerprint density at radius 3 is 2.62 bits per heavy atom. The van der Waals surface area contributed by atoms with Gasteiger partial charge in [-0.3, -0.25) is 4.79 Å². The number of likely N-dealkylation sites (N-methyl/N-ethyl adjacent to an activating group) is 1. The van der Waals surface area contributed by atoms with Crippen molar-refractivity contribution in [2.24, 2.45) is 5.92 Å². The standard InChI is InChI=1S/C32H40ClN3O4/c1-22-30(37)35(2)16-8-5-3-4-6-9-17-36-18-10-7-11-23-19-26(33)14-12-24(23)21-34-27-15-13-25(20-28(27)36)32(22)29(40-32)31(38)39/h5,8,12-15,19-20,22,29,34H,3-4,6-7,9-11,16-18,21H2,1-2H3,(H,38,39)/b8-5-/t22-,29?,32+/m0/s1. The zero-order valence-electron chi connectivity index (χ0n) is 23.5. The fourth-order valence-electron chi connectivity index (χ4n) is 6.24. The third kappa shape index (κ3) is 5.86. The number of benzene rings is 2. The van der Waals surface area contributed by atoms with Gasteiger partial charge < -0.3 is 25.0 Å². The molecule has 2 bridgehead atoms. The molecule has 1 saturated heterocycles. The Morgan fingerprint density at radius 2 is 1.85 bits per heavy atom. The van der Waals surface area contributed by atoms with Gasteiger partial charge in [-0.25, -0.2) is 4.79 Å². The lowest BCUT2D eigenvalue weighted by Crippen LogP contribution is -2.40. The van der Waals surface area contributed by atoms with Gasteiger partial charge in [-0.1, -0.05) is 49.2 Å². The van der Waals surface area contributed by atoms with E-state index in [-0.39, 0.29) is 5.91 Å². The Balaban J connectivity index is 1.57. The van der Waals surface area contributed by atoms with E-state index in [0.717, 1.165) is 80.0 Å². The van der Waals surface area contributed by atoms with E-state index >= 15 is 0 Å². The second-order valence-electron chi connectivity index (χ2n) is 11.3. The Bertz CT molecular complexity index is 1280. The number of allylic oxidation sites excluding steroid dienone is 1. The van der Waals surface area contributed by atoms with E-state index in [1.165, 1.54) is 11.1 Å². The summed E-state index contributed by atoms with van der Waals surface area (Å²) in [7, 11) is 1.77. The fraction of sp³-hybridized carbons (Fsp3) is 0.500. The molecule has 3 aliphatic rings. The van der Waals surface area contributed by atoms with Gasteiger partial charge in [-0.05, 0) is 79.5 Å². The number of fused-ring (bicyclic) bond motifs is 3. The van der Waals surface area contributed by atoms with E-state index in [1.807, 2.05) is 24.3 Å². The first-order valence-electron chi connectivity index (χ1n) is 14.5. The molecule has 0 aromatic heterocycles. The lowest BCUT2D eigenvalue weighted by Gasteiger charge is -2.30. The van der Waals surface area contributed by atoms with Crippen molar-refractivity contribution in [3.05, 3.63) is 70.3 Å². The summed E-state index contributed by atoms with van der Waals surface area (Å²) < 4.78 is 5.97. The van der Waals surface area contributed by atoms with Gasteiger partial charge in [0.25, 0.3) is 0 Å². The van der Waals surface area contributed by atoms with Gasteiger partial charge >= 0.3 is 5.97 Å². The SMILES string of the molecule is C[C@H]1C(=O)N(C)C/C=C\CCCCCN2CCCCc3cc(Cl)ccc3CNc3ccc(cc32)[C@]12OC2C(=O)O. The van der Waals surface area contributed by atoms with E-state index in [0.29, 0.717) is 13.1 Å². The molecule has 3 atom stereocenters. The van der Waals surface area contributed by atoms with Crippen LogP contribution in [0.15, 0.2) is 48.6 Å². The molecular formula is C32H40ClN3O4. The average molecular weight is 566 g/mol. The van der Waals surface area contributed by atoms with Crippen molar-refractivity contribution in [1.82, 2.24) is 4.90 Å². The molecule has 1 unspecified atom stereocenters. The number of carboxylic acids is 1. The number of ether oxygens (including phenoxy) is 1. The number of epoxide rings is 1. The van der Waals surface area contributed by atoms with E-state index in [2.05, 4.69) is 34.5 Å². The molecule has 0 aliphatic carbocycles. The summed E-state index contributed by atoms with van der Waals surface area (Å²) in [6.45, 7) is 4.75. The van der Waals surface area contributed by atoms with Crippen LogP contribution in [0.25, 0.3) is 0 Å². The number of anilines is 2. The zero-order valence-corrected chi connectivity index (χ0v) is 24.3. The van der Waals surface area contributed by atoms with Crippen LogP contribution in [-0.2, 0) is 32.9 Å². The average Bonchev–Trinajstić information content (AvgIpc) is 3.71. The molecule has 1 spiro atoms. The van der Waals surface area contributed by atoms with Crippen LogP contribution in [0.3, 0.4) is 0 Å². The molecule has 214 valence electrons. The van der Waals surface area contributed by atoms with E-state index in [4.69, 9.17) is 16.3 Å². The number of hydrogen-bond acceptors (Lipinski definition) is 5. The number of aliphatic carboxylic acids is 1. The number of aryl methyl sites for hydroxylation is 1. The lowest BCUT2D eigenvalue weighted by molar-refractivity contribution is -0.138. The number of halogens is 1. The maximum absolute atomic E-state index is 13.5. The quantitative estimate of drug-likeness (QED) is 0.326. The van der Waals surface area contributed by atoms with Crippen molar-refractivity contribution in [3.8, 4) is 0 Å². The minimum absolute atomic E-state index is 0.123. The van der Waals surface area contributed by atoms with E-state index in [9.17, 15) is 14.7 Å². The van der Waals surface area contributed by atoms with Crippen LogP contribution in [0.4, 0.5) is 11.4 Å². The molecule has 7 nitrogen and oxygen atoms in total. The number of hydrogen-bond donors (Lipinski definition) is 2. The Hall–Kier alpha value is -3.03. The molecule has 0 radical (unpaired) electrons. The predicted octanol–water partition coefficient (Wildman–Crippen LogP) is 6.00. The molecule has 2 aromatic carbocycles. The smallest absolute Gasteiger partial charge is 0.336 e. The van der Waals surface area contributed by atoms with Crippen LogP contribution in [0.1, 0.15) is 62.1 Å². The summed E-state index contributed by atoms with van der Waals surface area (Å²) in [4.78, 5) is 29.8. The number of nitrogens with zero attached hydrogens (tertiary/aromatic N) is 2.